The van der Waals surface area contributed by atoms with E-state index in [0.29, 0.717) is 11.6 Å². The van der Waals surface area contributed by atoms with E-state index in [4.69, 9.17) is 4.74 Å². The largest absolute Gasteiger partial charge is 0.496 e. The van der Waals surface area contributed by atoms with Crippen molar-refractivity contribution in [2.45, 2.75) is 20.3 Å². The summed E-state index contributed by atoms with van der Waals surface area (Å²) < 4.78 is 5.35. The van der Waals surface area contributed by atoms with Crippen LogP contribution in [-0.4, -0.2) is 23.0 Å². The topological polar surface area (TPSA) is 64.1 Å². The first-order valence-electron chi connectivity index (χ1n) is 7.86. The third-order valence-electron chi connectivity index (χ3n) is 3.88. The molecule has 0 aliphatic heterocycles. The van der Waals surface area contributed by atoms with Gasteiger partial charge in [-0.25, -0.2) is 4.98 Å². The summed E-state index contributed by atoms with van der Waals surface area (Å²) in [6, 6.07) is 7.73. The molecule has 6 heteroatoms. The maximum absolute atomic E-state index is 12.2. The SMILES string of the molecule is COc1cc(C)c(-c2csc(NC(=O)Cc3ccncc3)n2)cc1C. The van der Waals surface area contributed by atoms with Crippen molar-refractivity contribution in [2.75, 3.05) is 12.4 Å². The van der Waals surface area contributed by atoms with Gasteiger partial charge in [0.1, 0.15) is 5.75 Å². The molecule has 0 atom stereocenters. The Balaban J connectivity index is 1.74. The first-order valence-corrected chi connectivity index (χ1v) is 8.74. The molecule has 0 unspecified atom stereocenters. The Labute approximate surface area is 150 Å². The minimum Gasteiger partial charge on any atom is -0.496 e. The molecule has 1 amide bonds. The highest BCUT2D eigenvalue weighted by Gasteiger charge is 2.12. The van der Waals surface area contributed by atoms with Crippen LogP contribution in [0.2, 0.25) is 0 Å². The number of ether oxygens (including phenoxy) is 1. The number of carbonyl (C=O) groups is 1. The summed E-state index contributed by atoms with van der Waals surface area (Å²) in [5.74, 6) is 0.775. The average Bonchev–Trinajstić information content (AvgIpc) is 3.05. The number of pyridine rings is 1. The smallest absolute Gasteiger partial charge is 0.230 e. The van der Waals surface area contributed by atoms with E-state index < -0.39 is 0 Å². The van der Waals surface area contributed by atoms with Gasteiger partial charge in [-0.15, -0.1) is 11.3 Å². The molecule has 1 aromatic carbocycles. The van der Waals surface area contributed by atoms with Crippen LogP contribution in [0.4, 0.5) is 5.13 Å². The molecule has 0 radical (unpaired) electrons. The number of thiazole rings is 1. The fraction of sp³-hybridized carbons (Fsp3) is 0.211. The molecule has 1 N–H and O–H groups in total. The zero-order valence-electron chi connectivity index (χ0n) is 14.4. The van der Waals surface area contributed by atoms with Crippen LogP contribution in [0.5, 0.6) is 5.75 Å². The molecule has 0 saturated carbocycles. The Bertz CT molecular complexity index is 891. The van der Waals surface area contributed by atoms with Crippen molar-refractivity contribution in [2.24, 2.45) is 0 Å². The lowest BCUT2D eigenvalue weighted by Crippen LogP contribution is -2.14. The van der Waals surface area contributed by atoms with E-state index in [2.05, 4.69) is 21.4 Å². The molecule has 0 saturated heterocycles. The number of anilines is 1. The zero-order chi connectivity index (χ0) is 17.8. The number of amides is 1. The molecule has 2 aromatic heterocycles. The third kappa shape index (κ3) is 4.03. The number of rotatable bonds is 5. The van der Waals surface area contributed by atoms with Gasteiger partial charge >= 0.3 is 0 Å². The van der Waals surface area contributed by atoms with Gasteiger partial charge in [0.25, 0.3) is 0 Å². The van der Waals surface area contributed by atoms with E-state index >= 15 is 0 Å². The van der Waals surface area contributed by atoms with E-state index in [1.165, 1.54) is 11.3 Å². The van der Waals surface area contributed by atoms with Crippen LogP contribution < -0.4 is 10.1 Å². The lowest BCUT2D eigenvalue weighted by Gasteiger charge is -2.09. The van der Waals surface area contributed by atoms with Gasteiger partial charge in [0.2, 0.25) is 5.91 Å². The van der Waals surface area contributed by atoms with Crippen molar-refractivity contribution in [1.82, 2.24) is 9.97 Å². The van der Waals surface area contributed by atoms with Gasteiger partial charge in [0.15, 0.2) is 5.13 Å². The predicted molar refractivity (Wildman–Crippen MR) is 100 cm³/mol. The van der Waals surface area contributed by atoms with E-state index in [9.17, 15) is 4.79 Å². The van der Waals surface area contributed by atoms with Crippen molar-refractivity contribution < 1.29 is 9.53 Å². The van der Waals surface area contributed by atoms with Gasteiger partial charge in [-0.1, -0.05) is 0 Å². The first-order chi connectivity index (χ1) is 12.1. The van der Waals surface area contributed by atoms with Crippen molar-refractivity contribution in [3.8, 4) is 17.0 Å². The van der Waals surface area contributed by atoms with Crippen LogP contribution in [0.15, 0.2) is 42.0 Å². The molecular formula is C19H19N3O2S. The second-order valence-electron chi connectivity index (χ2n) is 5.76. The van der Waals surface area contributed by atoms with Crippen LogP contribution in [0.1, 0.15) is 16.7 Å². The number of methoxy groups -OCH3 is 1. The highest BCUT2D eigenvalue weighted by atomic mass is 32.1. The minimum absolute atomic E-state index is 0.0882. The number of nitrogens with zero attached hydrogens (tertiary/aromatic N) is 2. The summed E-state index contributed by atoms with van der Waals surface area (Å²) in [7, 11) is 1.67. The summed E-state index contributed by atoms with van der Waals surface area (Å²) in [5, 5.41) is 5.41. The Hall–Kier alpha value is -2.73. The second kappa shape index (κ2) is 7.44. The maximum Gasteiger partial charge on any atom is 0.230 e. The summed E-state index contributed by atoms with van der Waals surface area (Å²) in [4.78, 5) is 20.7. The van der Waals surface area contributed by atoms with Gasteiger partial charge in [-0.3, -0.25) is 9.78 Å². The Morgan fingerprint density at radius 3 is 2.68 bits per heavy atom. The highest BCUT2D eigenvalue weighted by Crippen LogP contribution is 2.32. The lowest BCUT2D eigenvalue weighted by atomic mass is 10.0. The number of hydrogen-bond acceptors (Lipinski definition) is 5. The van der Waals surface area contributed by atoms with E-state index in [1.54, 1.807) is 19.5 Å². The fourth-order valence-corrected chi connectivity index (χ4v) is 3.32. The van der Waals surface area contributed by atoms with Crippen molar-refractivity contribution in [1.29, 1.82) is 0 Å². The molecule has 128 valence electrons. The summed E-state index contributed by atoms with van der Waals surface area (Å²) in [5.41, 5.74) is 4.96. The average molecular weight is 353 g/mol. The molecule has 2 heterocycles. The van der Waals surface area contributed by atoms with Crippen molar-refractivity contribution in [3.63, 3.8) is 0 Å². The van der Waals surface area contributed by atoms with Crippen LogP contribution in [0.25, 0.3) is 11.3 Å². The molecule has 3 rings (SSSR count). The van der Waals surface area contributed by atoms with Crippen LogP contribution in [-0.2, 0) is 11.2 Å². The maximum atomic E-state index is 12.2. The minimum atomic E-state index is -0.0882. The number of aromatic nitrogens is 2. The number of carbonyl (C=O) groups excluding carboxylic acids is 1. The molecule has 0 fully saturated rings. The number of nitrogens with one attached hydrogen (secondary N) is 1. The summed E-state index contributed by atoms with van der Waals surface area (Å²) in [6.45, 7) is 4.03. The monoisotopic (exact) mass is 353 g/mol. The Kier molecular flexibility index (Phi) is 5.09. The molecule has 0 spiro atoms. The fourth-order valence-electron chi connectivity index (χ4n) is 2.59. The number of hydrogen-bond donors (Lipinski definition) is 1. The van der Waals surface area contributed by atoms with Gasteiger partial charge in [0.05, 0.1) is 19.2 Å². The van der Waals surface area contributed by atoms with Crippen molar-refractivity contribution >= 4 is 22.4 Å². The molecular weight excluding hydrogens is 334 g/mol. The lowest BCUT2D eigenvalue weighted by molar-refractivity contribution is -0.115. The zero-order valence-corrected chi connectivity index (χ0v) is 15.2. The van der Waals surface area contributed by atoms with E-state index in [0.717, 1.165) is 33.7 Å². The standard InChI is InChI=1S/C19H19N3O2S/c1-12-9-17(24-3)13(2)8-15(12)16-11-25-19(21-16)22-18(23)10-14-4-6-20-7-5-14/h4-9,11H,10H2,1-3H3,(H,21,22,23). The normalized spacial score (nSPS) is 10.5. The van der Waals surface area contributed by atoms with Crippen LogP contribution in [0.3, 0.4) is 0 Å². The van der Waals surface area contributed by atoms with Gasteiger partial charge in [-0.05, 0) is 54.8 Å². The third-order valence-corrected chi connectivity index (χ3v) is 4.64. The summed E-state index contributed by atoms with van der Waals surface area (Å²) >= 11 is 1.42. The number of aryl methyl sites for hydroxylation is 2. The van der Waals surface area contributed by atoms with Crippen LogP contribution in [0, 0.1) is 13.8 Å². The van der Waals surface area contributed by atoms with Crippen LogP contribution >= 0.6 is 11.3 Å². The van der Waals surface area contributed by atoms with Gasteiger partial charge < -0.3 is 10.1 Å². The first kappa shape index (κ1) is 17.1. The van der Waals surface area contributed by atoms with E-state index in [1.807, 2.05) is 37.4 Å². The Morgan fingerprint density at radius 1 is 1.20 bits per heavy atom. The quantitative estimate of drug-likeness (QED) is 0.753. The molecule has 5 nitrogen and oxygen atoms in total. The van der Waals surface area contributed by atoms with Gasteiger partial charge in [-0.2, -0.15) is 0 Å². The molecule has 3 aromatic rings. The second-order valence-corrected chi connectivity index (χ2v) is 6.61. The van der Waals surface area contributed by atoms with Crippen molar-refractivity contribution in [3.05, 3.63) is 58.7 Å². The molecule has 0 aliphatic rings. The van der Waals surface area contributed by atoms with Gasteiger partial charge in [0, 0.05) is 23.3 Å². The highest BCUT2D eigenvalue weighted by molar-refractivity contribution is 7.14. The van der Waals surface area contributed by atoms with E-state index in [-0.39, 0.29) is 5.91 Å². The predicted octanol–water partition coefficient (Wildman–Crippen LogP) is 4.01. The number of benzene rings is 1. The molecule has 0 aliphatic carbocycles. The molecule has 0 bridgehead atoms. The Morgan fingerprint density at radius 2 is 1.96 bits per heavy atom. The molecule has 25 heavy (non-hydrogen) atoms. The summed E-state index contributed by atoms with van der Waals surface area (Å²) in [6.07, 6.45) is 3.66.